The average molecular weight is 380 g/mol. The molecule has 1 unspecified atom stereocenters. The number of benzene rings is 3. The molecular formula is C24H29NO3. The number of hydrogen-bond acceptors (Lipinski definition) is 4. The molecule has 0 aliphatic heterocycles. The van der Waals surface area contributed by atoms with Crippen LogP contribution < -0.4 is 9.47 Å². The standard InChI is InChI=1S/C24H29NO3/c1-25(16-6-7-19-12-14-22(27-2)15-13-19)17-21(26)18-28-24-11-5-9-20-8-3-4-10-23(20)24/h3-5,8-15,21,26H,6-7,16-18H2,1-2H3. The summed E-state index contributed by atoms with van der Waals surface area (Å²) in [5.74, 6) is 1.70. The van der Waals surface area contributed by atoms with E-state index in [1.165, 1.54) is 5.56 Å². The number of aliphatic hydroxyl groups is 1. The lowest BCUT2D eigenvalue weighted by Gasteiger charge is -2.21. The number of aliphatic hydroxyl groups excluding tert-OH is 1. The molecule has 28 heavy (non-hydrogen) atoms. The zero-order chi connectivity index (χ0) is 19.8. The number of ether oxygens (including phenoxy) is 2. The Morgan fingerprint density at radius 3 is 2.50 bits per heavy atom. The van der Waals surface area contributed by atoms with Gasteiger partial charge in [0.1, 0.15) is 24.2 Å². The van der Waals surface area contributed by atoms with E-state index in [2.05, 4.69) is 29.2 Å². The second kappa shape index (κ2) is 10.1. The van der Waals surface area contributed by atoms with Crippen molar-refractivity contribution in [3.63, 3.8) is 0 Å². The largest absolute Gasteiger partial charge is 0.497 e. The summed E-state index contributed by atoms with van der Waals surface area (Å²) in [5, 5.41) is 12.6. The van der Waals surface area contributed by atoms with Crippen molar-refractivity contribution < 1.29 is 14.6 Å². The normalized spacial score (nSPS) is 12.3. The number of methoxy groups -OCH3 is 1. The van der Waals surface area contributed by atoms with Crippen molar-refractivity contribution in [2.24, 2.45) is 0 Å². The second-order valence-corrected chi connectivity index (χ2v) is 7.16. The molecule has 0 aliphatic carbocycles. The first-order chi connectivity index (χ1) is 13.7. The molecule has 0 bridgehead atoms. The number of hydrogen-bond donors (Lipinski definition) is 1. The molecule has 0 heterocycles. The Hall–Kier alpha value is -2.56. The maximum absolute atomic E-state index is 10.3. The minimum absolute atomic E-state index is 0.289. The van der Waals surface area contributed by atoms with Crippen LogP contribution in [0, 0.1) is 0 Å². The van der Waals surface area contributed by atoms with Crippen LogP contribution in [0.2, 0.25) is 0 Å². The first-order valence-electron chi connectivity index (χ1n) is 9.76. The number of fused-ring (bicyclic) bond motifs is 1. The molecule has 0 amide bonds. The fourth-order valence-electron chi connectivity index (χ4n) is 3.36. The van der Waals surface area contributed by atoms with Crippen LogP contribution in [-0.4, -0.2) is 50.0 Å². The highest BCUT2D eigenvalue weighted by Crippen LogP contribution is 2.25. The highest BCUT2D eigenvalue weighted by molar-refractivity contribution is 5.88. The smallest absolute Gasteiger partial charge is 0.127 e. The van der Waals surface area contributed by atoms with Crippen LogP contribution >= 0.6 is 0 Å². The van der Waals surface area contributed by atoms with Gasteiger partial charge in [0.15, 0.2) is 0 Å². The molecule has 0 aromatic heterocycles. The molecule has 1 atom stereocenters. The zero-order valence-corrected chi connectivity index (χ0v) is 16.7. The van der Waals surface area contributed by atoms with E-state index in [1.807, 2.05) is 49.5 Å². The topological polar surface area (TPSA) is 41.9 Å². The lowest BCUT2D eigenvalue weighted by Crippen LogP contribution is -2.33. The Bertz CT molecular complexity index is 858. The Morgan fingerprint density at radius 1 is 0.964 bits per heavy atom. The van der Waals surface area contributed by atoms with E-state index in [0.29, 0.717) is 6.54 Å². The van der Waals surface area contributed by atoms with Crippen molar-refractivity contribution in [1.82, 2.24) is 4.90 Å². The Kier molecular flexibility index (Phi) is 7.29. The molecule has 4 nitrogen and oxygen atoms in total. The Balaban J connectivity index is 1.40. The molecule has 1 N–H and O–H groups in total. The van der Waals surface area contributed by atoms with Gasteiger partial charge < -0.3 is 19.5 Å². The molecule has 4 heteroatoms. The van der Waals surface area contributed by atoms with Gasteiger partial charge in [-0.1, -0.05) is 48.5 Å². The Morgan fingerprint density at radius 2 is 1.71 bits per heavy atom. The summed E-state index contributed by atoms with van der Waals surface area (Å²) < 4.78 is 11.1. The summed E-state index contributed by atoms with van der Waals surface area (Å²) >= 11 is 0. The quantitative estimate of drug-likeness (QED) is 0.575. The molecular weight excluding hydrogens is 350 g/mol. The van der Waals surface area contributed by atoms with Crippen molar-refractivity contribution in [2.75, 3.05) is 33.9 Å². The number of rotatable bonds is 10. The summed E-state index contributed by atoms with van der Waals surface area (Å²) in [7, 11) is 3.72. The van der Waals surface area contributed by atoms with Crippen LogP contribution in [0.4, 0.5) is 0 Å². The summed E-state index contributed by atoms with van der Waals surface area (Å²) in [6, 6.07) is 22.3. The third-order valence-electron chi connectivity index (χ3n) is 4.87. The summed E-state index contributed by atoms with van der Waals surface area (Å²) in [4.78, 5) is 2.15. The lowest BCUT2D eigenvalue weighted by molar-refractivity contribution is 0.0767. The number of likely N-dealkylation sites (N-methyl/N-ethyl adjacent to an activating group) is 1. The van der Waals surface area contributed by atoms with Gasteiger partial charge in [0.05, 0.1) is 7.11 Å². The van der Waals surface area contributed by atoms with Gasteiger partial charge in [-0.3, -0.25) is 0 Å². The molecule has 3 aromatic rings. The summed E-state index contributed by atoms with van der Waals surface area (Å²) in [5.41, 5.74) is 1.30. The second-order valence-electron chi connectivity index (χ2n) is 7.16. The molecule has 3 aromatic carbocycles. The predicted molar refractivity (Wildman–Crippen MR) is 114 cm³/mol. The summed E-state index contributed by atoms with van der Waals surface area (Å²) in [6.45, 7) is 1.81. The first kappa shape index (κ1) is 20.2. The van der Waals surface area contributed by atoms with Crippen LogP contribution in [0.15, 0.2) is 66.7 Å². The van der Waals surface area contributed by atoms with Gasteiger partial charge in [-0.2, -0.15) is 0 Å². The van der Waals surface area contributed by atoms with Crippen molar-refractivity contribution in [1.29, 1.82) is 0 Å². The minimum atomic E-state index is -0.523. The first-order valence-corrected chi connectivity index (χ1v) is 9.76. The molecule has 0 spiro atoms. The predicted octanol–water partition coefficient (Wildman–Crippen LogP) is 4.15. The van der Waals surface area contributed by atoms with Gasteiger partial charge in [0.25, 0.3) is 0 Å². The van der Waals surface area contributed by atoms with E-state index < -0.39 is 6.10 Å². The number of nitrogens with zero attached hydrogens (tertiary/aromatic N) is 1. The van der Waals surface area contributed by atoms with E-state index in [1.54, 1.807) is 7.11 Å². The highest BCUT2D eigenvalue weighted by atomic mass is 16.5. The third-order valence-corrected chi connectivity index (χ3v) is 4.87. The molecule has 3 rings (SSSR count). The molecule has 148 valence electrons. The minimum Gasteiger partial charge on any atom is -0.497 e. The van der Waals surface area contributed by atoms with Crippen molar-refractivity contribution in [3.05, 3.63) is 72.3 Å². The highest BCUT2D eigenvalue weighted by Gasteiger charge is 2.10. The van der Waals surface area contributed by atoms with E-state index in [9.17, 15) is 5.11 Å². The molecule has 0 saturated carbocycles. The number of aryl methyl sites for hydroxylation is 1. The van der Waals surface area contributed by atoms with Gasteiger partial charge in [-0.15, -0.1) is 0 Å². The van der Waals surface area contributed by atoms with Crippen LogP contribution in [0.1, 0.15) is 12.0 Å². The van der Waals surface area contributed by atoms with E-state index in [-0.39, 0.29) is 6.61 Å². The molecule has 0 radical (unpaired) electrons. The van der Waals surface area contributed by atoms with E-state index in [0.717, 1.165) is 41.7 Å². The Labute approximate surface area is 167 Å². The van der Waals surface area contributed by atoms with Gasteiger partial charge in [0, 0.05) is 11.9 Å². The van der Waals surface area contributed by atoms with Gasteiger partial charge in [0.2, 0.25) is 0 Å². The van der Waals surface area contributed by atoms with Crippen LogP contribution in [-0.2, 0) is 6.42 Å². The van der Waals surface area contributed by atoms with E-state index >= 15 is 0 Å². The maximum atomic E-state index is 10.3. The fraction of sp³-hybridized carbons (Fsp3) is 0.333. The molecule has 0 saturated heterocycles. The van der Waals surface area contributed by atoms with Gasteiger partial charge >= 0.3 is 0 Å². The molecule has 0 aliphatic rings. The lowest BCUT2D eigenvalue weighted by atomic mass is 10.1. The zero-order valence-electron chi connectivity index (χ0n) is 16.7. The van der Waals surface area contributed by atoms with Gasteiger partial charge in [-0.25, -0.2) is 0 Å². The average Bonchev–Trinajstić information content (AvgIpc) is 2.72. The monoisotopic (exact) mass is 379 g/mol. The van der Waals surface area contributed by atoms with Crippen LogP contribution in [0.5, 0.6) is 11.5 Å². The van der Waals surface area contributed by atoms with Crippen molar-refractivity contribution in [3.8, 4) is 11.5 Å². The fourth-order valence-corrected chi connectivity index (χ4v) is 3.36. The van der Waals surface area contributed by atoms with Gasteiger partial charge in [-0.05, 0) is 55.6 Å². The molecule has 0 fully saturated rings. The van der Waals surface area contributed by atoms with Crippen molar-refractivity contribution >= 4 is 10.8 Å². The van der Waals surface area contributed by atoms with Crippen molar-refractivity contribution in [2.45, 2.75) is 18.9 Å². The third kappa shape index (κ3) is 5.72. The van der Waals surface area contributed by atoms with E-state index in [4.69, 9.17) is 9.47 Å². The SMILES string of the molecule is COc1ccc(CCCN(C)CC(O)COc2cccc3ccccc23)cc1. The van der Waals surface area contributed by atoms with Crippen LogP contribution in [0.3, 0.4) is 0 Å². The van der Waals surface area contributed by atoms with Crippen LogP contribution in [0.25, 0.3) is 10.8 Å². The maximum Gasteiger partial charge on any atom is 0.127 e. The summed E-state index contributed by atoms with van der Waals surface area (Å²) in [6.07, 6.45) is 1.53.